The van der Waals surface area contributed by atoms with Crippen molar-refractivity contribution >= 4 is 5.96 Å². The van der Waals surface area contributed by atoms with Crippen LogP contribution in [0.2, 0.25) is 0 Å². The SMILES string of the molecule is CCNC(=NCC1CCc2nnc(C)n2C1)NC1CCC(C(C)C)CC1. The maximum absolute atomic E-state index is 4.91. The van der Waals surface area contributed by atoms with Crippen LogP contribution in [0.3, 0.4) is 0 Å². The third kappa shape index (κ3) is 4.77. The molecule has 1 unspecified atom stereocenters. The Labute approximate surface area is 158 Å². The fraction of sp³-hybridized carbons (Fsp3) is 0.850. The zero-order valence-electron chi connectivity index (χ0n) is 17.0. The van der Waals surface area contributed by atoms with Crippen molar-refractivity contribution in [3.8, 4) is 0 Å². The van der Waals surface area contributed by atoms with Crippen molar-refractivity contribution < 1.29 is 0 Å². The molecular formula is C20H36N6. The molecule has 0 amide bonds. The van der Waals surface area contributed by atoms with Crippen molar-refractivity contribution in [2.75, 3.05) is 13.1 Å². The Kier molecular flexibility index (Phi) is 6.54. The Morgan fingerprint density at radius 1 is 1.19 bits per heavy atom. The van der Waals surface area contributed by atoms with Gasteiger partial charge in [-0.3, -0.25) is 4.99 Å². The molecule has 1 aliphatic carbocycles. The molecular weight excluding hydrogens is 324 g/mol. The molecule has 2 aliphatic rings. The van der Waals surface area contributed by atoms with Crippen LogP contribution in [0.5, 0.6) is 0 Å². The number of fused-ring (bicyclic) bond motifs is 1. The minimum atomic E-state index is 0.570. The van der Waals surface area contributed by atoms with E-state index in [1.807, 2.05) is 6.92 Å². The van der Waals surface area contributed by atoms with Crippen molar-refractivity contribution in [1.29, 1.82) is 0 Å². The molecule has 0 radical (unpaired) electrons. The summed E-state index contributed by atoms with van der Waals surface area (Å²) in [5, 5.41) is 15.6. The van der Waals surface area contributed by atoms with E-state index in [-0.39, 0.29) is 0 Å². The van der Waals surface area contributed by atoms with E-state index in [9.17, 15) is 0 Å². The van der Waals surface area contributed by atoms with E-state index in [1.54, 1.807) is 0 Å². The summed E-state index contributed by atoms with van der Waals surface area (Å²) >= 11 is 0. The summed E-state index contributed by atoms with van der Waals surface area (Å²) in [6.45, 7) is 11.7. The third-order valence-electron chi connectivity index (χ3n) is 6.14. The molecule has 1 aromatic rings. The molecule has 1 aromatic heterocycles. The molecule has 0 bridgehead atoms. The first-order valence-electron chi connectivity index (χ1n) is 10.5. The molecule has 0 saturated heterocycles. The van der Waals surface area contributed by atoms with Gasteiger partial charge in [0.15, 0.2) is 5.96 Å². The number of guanidine groups is 1. The Morgan fingerprint density at radius 2 is 1.96 bits per heavy atom. The highest BCUT2D eigenvalue weighted by atomic mass is 15.3. The van der Waals surface area contributed by atoms with Crippen LogP contribution in [0, 0.1) is 24.7 Å². The van der Waals surface area contributed by atoms with Gasteiger partial charge in [-0.1, -0.05) is 13.8 Å². The van der Waals surface area contributed by atoms with Crippen molar-refractivity contribution in [1.82, 2.24) is 25.4 Å². The van der Waals surface area contributed by atoms with Crippen molar-refractivity contribution in [3.63, 3.8) is 0 Å². The quantitative estimate of drug-likeness (QED) is 0.626. The second kappa shape index (κ2) is 8.87. The van der Waals surface area contributed by atoms with Crippen molar-refractivity contribution in [2.24, 2.45) is 22.7 Å². The Hall–Kier alpha value is -1.59. The average Bonchev–Trinajstić information content (AvgIpc) is 3.01. The normalized spacial score (nSPS) is 26.7. The molecule has 146 valence electrons. The highest BCUT2D eigenvalue weighted by Gasteiger charge is 2.24. The zero-order valence-corrected chi connectivity index (χ0v) is 17.0. The number of nitrogens with one attached hydrogen (secondary N) is 2. The van der Waals surface area contributed by atoms with E-state index in [4.69, 9.17) is 4.99 Å². The lowest BCUT2D eigenvalue weighted by Crippen LogP contribution is -2.45. The highest BCUT2D eigenvalue weighted by Crippen LogP contribution is 2.29. The molecule has 3 rings (SSSR count). The number of aryl methyl sites for hydroxylation is 2. The van der Waals surface area contributed by atoms with E-state index >= 15 is 0 Å². The van der Waals surface area contributed by atoms with E-state index in [1.165, 1.54) is 25.7 Å². The fourth-order valence-electron chi connectivity index (χ4n) is 4.34. The largest absolute Gasteiger partial charge is 0.357 e. The summed E-state index contributed by atoms with van der Waals surface area (Å²) < 4.78 is 2.26. The van der Waals surface area contributed by atoms with Crippen LogP contribution >= 0.6 is 0 Å². The monoisotopic (exact) mass is 360 g/mol. The van der Waals surface area contributed by atoms with Gasteiger partial charge in [0.2, 0.25) is 0 Å². The van der Waals surface area contributed by atoms with Gasteiger partial charge >= 0.3 is 0 Å². The zero-order chi connectivity index (χ0) is 18.5. The first-order valence-corrected chi connectivity index (χ1v) is 10.5. The maximum atomic E-state index is 4.91. The Morgan fingerprint density at radius 3 is 2.65 bits per heavy atom. The molecule has 0 spiro atoms. The van der Waals surface area contributed by atoms with Crippen LogP contribution in [0.4, 0.5) is 0 Å². The van der Waals surface area contributed by atoms with E-state index in [0.717, 1.165) is 61.9 Å². The molecule has 26 heavy (non-hydrogen) atoms. The summed E-state index contributed by atoms with van der Waals surface area (Å²) in [7, 11) is 0. The van der Waals surface area contributed by atoms with Gasteiger partial charge in [-0.2, -0.15) is 0 Å². The summed E-state index contributed by atoms with van der Waals surface area (Å²) in [6, 6.07) is 0.570. The fourth-order valence-corrected chi connectivity index (χ4v) is 4.34. The van der Waals surface area contributed by atoms with E-state index < -0.39 is 0 Å². The first-order chi connectivity index (χ1) is 12.6. The lowest BCUT2D eigenvalue weighted by atomic mass is 9.80. The van der Waals surface area contributed by atoms with Crippen LogP contribution in [0.1, 0.15) is 64.5 Å². The molecule has 1 fully saturated rings. The summed E-state index contributed by atoms with van der Waals surface area (Å²) in [5.74, 6) is 5.44. The molecule has 1 saturated carbocycles. The van der Waals surface area contributed by atoms with Crippen LogP contribution < -0.4 is 10.6 Å². The van der Waals surface area contributed by atoms with Gasteiger partial charge in [0.05, 0.1) is 0 Å². The first kappa shape index (κ1) is 19.2. The molecule has 6 heteroatoms. The number of hydrogen-bond acceptors (Lipinski definition) is 3. The average molecular weight is 361 g/mol. The lowest BCUT2D eigenvalue weighted by molar-refractivity contribution is 0.250. The van der Waals surface area contributed by atoms with Gasteiger partial charge in [0.1, 0.15) is 11.6 Å². The van der Waals surface area contributed by atoms with Gasteiger partial charge in [0, 0.05) is 32.1 Å². The Bertz CT molecular complexity index is 597. The van der Waals surface area contributed by atoms with Crippen LogP contribution in [-0.4, -0.2) is 39.9 Å². The minimum Gasteiger partial charge on any atom is -0.357 e. The minimum absolute atomic E-state index is 0.570. The molecule has 1 atom stereocenters. The standard InChI is InChI=1S/C20H36N6/c1-5-21-20(23-18-9-7-17(8-10-18)14(2)3)22-12-16-6-11-19-25-24-15(4)26(19)13-16/h14,16-18H,5-13H2,1-4H3,(H2,21,22,23). The predicted octanol–water partition coefficient (Wildman–Crippen LogP) is 2.92. The Balaban J connectivity index is 1.52. The maximum Gasteiger partial charge on any atom is 0.191 e. The van der Waals surface area contributed by atoms with Gasteiger partial charge in [-0.25, -0.2) is 0 Å². The van der Waals surface area contributed by atoms with Crippen LogP contribution in [0.15, 0.2) is 4.99 Å². The summed E-state index contributed by atoms with van der Waals surface area (Å²) in [6.07, 6.45) is 7.38. The smallest absolute Gasteiger partial charge is 0.191 e. The van der Waals surface area contributed by atoms with Gasteiger partial charge in [-0.05, 0) is 63.7 Å². The molecule has 1 aliphatic heterocycles. The summed E-state index contributed by atoms with van der Waals surface area (Å²) in [5.41, 5.74) is 0. The number of hydrogen-bond donors (Lipinski definition) is 2. The molecule has 2 N–H and O–H groups in total. The van der Waals surface area contributed by atoms with Crippen LogP contribution in [0.25, 0.3) is 0 Å². The highest BCUT2D eigenvalue weighted by molar-refractivity contribution is 5.80. The van der Waals surface area contributed by atoms with Gasteiger partial charge in [-0.15, -0.1) is 10.2 Å². The number of nitrogens with zero attached hydrogens (tertiary/aromatic N) is 4. The van der Waals surface area contributed by atoms with Crippen molar-refractivity contribution in [2.45, 2.75) is 78.8 Å². The summed E-state index contributed by atoms with van der Waals surface area (Å²) in [4.78, 5) is 4.91. The predicted molar refractivity (Wildman–Crippen MR) is 106 cm³/mol. The number of rotatable bonds is 5. The molecule has 2 heterocycles. The lowest BCUT2D eigenvalue weighted by Gasteiger charge is -2.32. The van der Waals surface area contributed by atoms with Gasteiger partial charge < -0.3 is 15.2 Å². The van der Waals surface area contributed by atoms with Gasteiger partial charge in [0.25, 0.3) is 0 Å². The molecule has 0 aromatic carbocycles. The second-order valence-corrected chi connectivity index (χ2v) is 8.40. The number of aliphatic imine (C=N–C) groups is 1. The van der Waals surface area contributed by atoms with E-state index in [2.05, 4.69) is 46.2 Å². The number of aromatic nitrogens is 3. The topological polar surface area (TPSA) is 67.1 Å². The van der Waals surface area contributed by atoms with E-state index in [0.29, 0.717) is 12.0 Å². The molecule has 6 nitrogen and oxygen atoms in total. The van der Waals surface area contributed by atoms with Crippen molar-refractivity contribution in [3.05, 3.63) is 11.6 Å². The van der Waals surface area contributed by atoms with Crippen LogP contribution in [-0.2, 0) is 13.0 Å². The third-order valence-corrected chi connectivity index (χ3v) is 6.14. The second-order valence-electron chi connectivity index (χ2n) is 8.40.